The maximum atomic E-state index is 13.1. The van der Waals surface area contributed by atoms with E-state index in [4.69, 9.17) is 0 Å². The van der Waals surface area contributed by atoms with Gasteiger partial charge in [-0.25, -0.2) is 4.39 Å². The summed E-state index contributed by atoms with van der Waals surface area (Å²) in [5.41, 5.74) is 0.179. The van der Waals surface area contributed by atoms with Gasteiger partial charge in [0.15, 0.2) is 0 Å². The van der Waals surface area contributed by atoms with E-state index in [0.717, 1.165) is 31.9 Å². The first kappa shape index (κ1) is 18.6. The summed E-state index contributed by atoms with van der Waals surface area (Å²) in [5, 5.41) is 2.82. The van der Waals surface area contributed by atoms with E-state index in [1.165, 1.54) is 12.1 Å². The van der Waals surface area contributed by atoms with Gasteiger partial charge in [0.25, 0.3) is 0 Å². The second kappa shape index (κ2) is 7.23. The van der Waals surface area contributed by atoms with Crippen LogP contribution >= 0.6 is 0 Å². The van der Waals surface area contributed by atoms with Crippen molar-refractivity contribution in [3.05, 3.63) is 30.1 Å². The number of nitrogens with zero attached hydrogens (tertiary/aromatic N) is 3. The molecular weight excluding hydrogens is 335 g/mol. The summed E-state index contributed by atoms with van der Waals surface area (Å²) in [6, 6.07) is 6.24. The third kappa shape index (κ3) is 3.53. The quantitative estimate of drug-likeness (QED) is 0.874. The van der Waals surface area contributed by atoms with Crippen molar-refractivity contribution in [1.82, 2.24) is 15.1 Å². The molecule has 1 N–H and O–H groups in total. The number of hydrogen-bond acceptors (Lipinski definition) is 4. The van der Waals surface area contributed by atoms with Crippen LogP contribution in [0.5, 0.6) is 0 Å². The summed E-state index contributed by atoms with van der Waals surface area (Å²) in [6.07, 6.45) is 0. The van der Waals surface area contributed by atoms with Crippen molar-refractivity contribution in [1.29, 1.82) is 0 Å². The van der Waals surface area contributed by atoms with Gasteiger partial charge in [-0.2, -0.15) is 0 Å². The Hall–Kier alpha value is -2.15. The van der Waals surface area contributed by atoms with Gasteiger partial charge in [-0.1, -0.05) is 0 Å². The highest BCUT2D eigenvalue weighted by Crippen LogP contribution is 2.22. The molecule has 0 saturated carbocycles. The number of rotatable bonds is 3. The van der Waals surface area contributed by atoms with Crippen LogP contribution in [0.2, 0.25) is 0 Å². The van der Waals surface area contributed by atoms with Crippen molar-refractivity contribution in [2.75, 3.05) is 44.2 Å². The van der Waals surface area contributed by atoms with Gasteiger partial charge in [-0.3, -0.25) is 14.5 Å². The minimum atomic E-state index is -0.820. The maximum absolute atomic E-state index is 13.1. The zero-order valence-corrected chi connectivity index (χ0v) is 15.7. The lowest BCUT2D eigenvalue weighted by atomic mass is 9.97. The number of nitrogens with one attached hydrogen (secondary N) is 1. The molecule has 2 amide bonds. The van der Waals surface area contributed by atoms with E-state index in [1.54, 1.807) is 30.9 Å². The molecule has 3 rings (SSSR count). The highest BCUT2D eigenvalue weighted by molar-refractivity contribution is 5.93. The van der Waals surface area contributed by atoms with Crippen molar-refractivity contribution in [2.24, 2.45) is 0 Å². The molecule has 1 aromatic carbocycles. The number of piperazine rings is 2. The van der Waals surface area contributed by atoms with E-state index >= 15 is 0 Å². The summed E-state index contributed by atoms with van der Waals surface area (Å²) in [4.78, 5) is 31.2. The lowest BCUT2D eigenvalue weighted by Crippen LogP contribution is -2.66. The van der Waals surface area contributed by atoms with Gasteiger partial charge in [0.05, 0.1) is 6.04 Å². The molecular formula is C19H27FN4O2. The molecule has 0 bridgehead atoms. The van der Waals surface area contributed by atoms with Crippen LogP contribution in [0.4, 0.5) is 10.1 Å². The summed E-state index contributed by atoms with van der Waals surface area (Å²) in [5.74, 6) is -0.342. The Labute approximate surface area is 153 Å². The van der Waals surface area contributed by atoms with Crippen molar-refractivity contribution in [3.63, 3.8) is 0 Å². The van der Waals surface area contributed by atoms with Crippen LogP contribution in [-0.2, 0) is 9.59 Å². The van der Waals surface area contributed by atoms with E-state index in [0.29, 0.717) is 13.1 Å². The topological polar surface area (TPSA) is 55.9 Å². The SMILES string of the molecule is C[C@@H](C(=O)N1CCNC(=O)C1(C)C)N1CCN(c2ccc(F)cc2)CC1. The molecule has 0 radical (unpaired) electrons. The third-order valence-electron chi connectivity index (χ3n) is 5.53. The van der Waals surface area contributed by atoms with Crippen LogP contribution in [0.3, 0.4) is 0 Å². The van der Waals surface area contributed by atoms with Crippen LogP contribution in [0.15, 0.2) is 24.3 Å². The molecule has 6 nitrogen and oxygen atoms in total. The van der Waals surface area contributed by atoms with E-state index in [9.17, 15) is 14.0 Å². The summed E-state index contributed by atoms with van der Waals surface area (Å²) >= 11 is 0. The fourth-order valence-electron chi connectivity index (χ4n) is 3.69. The molecule has 0 aromatic heterocycles. The molecule has 2 aliphatic heterocycles. The zero-order valence-electron chi connectivity index (χ0n) is 15.7. The summed E-state index contributed by atoms with van der Waals surface area (Å²) < 4.78 is 13.1. The molecule has 142 valence electrons. The zero-order chi connectivity index (χ0) is 18.9. The number of amides is 2. The second-order valence-corrected chi connectivity index (χ2v) is 7.48. The maximum Gasteiger partial charge on any atom is 0.245 e. The minimum absolute atomic E-state index is 0.0000761. The Morgan fingerprint density at radius 1 is 1.12 bits per heavy atom. The first-order chi connectivity index (χ1) is 12.3. The number of halogens is 1. The van der Waals surface area contributed by atoms with E-state index in [-0.39, 0.29) is 23.7 Å². The standard InChI is InChI=1S/C19H27FN4O2/c1-14(17(25)24-9-8-21-18(26)19(24,2)3)22-10-12-23(13-11-22)16-6-4-15(20)5-7-16/h4-7,14H,8-13H2,1-3H3,(H,21,26)/t14-/m0/s1. The second-order valence-electron chi connectivity index (χ2n) is 7.48. The van der Waals surface area contributed by atoms with E-state index in [1.807, 2.05) is 6.92 Å². The fourth-order valence-corrected chi connectivity index (χ4v) is 3.69. The molecule has 0 spiro atoms. The van der Waals surface area contributed by atoms with Crippen molar-refractivity contribution < 1.29 is 14.0 Å². The minimum Gasteiger partial charge on any atom is -0.369 e. The predicted octanol–water partition coefficient (Wildman–Crippen LogP) is 1.07. The third-order valence-corrected chi connectivity index (χ3v) is 5.53. The van der Waals surface area contributed by atoms with Crippen LogP contribution in [-0.4, -0.2) is 72.5 Å². The van der Waals surface area contributed by atoms with E-state index in [2.05, 4.69) is 15.1 Å². The number of carbonyl (C=O) groups is 2. The number of hydrogen-bond donors (Lipinski definition) is 1. The largest absolute Gasteiger partial charge is 0.369 e. The molecule has 2 heterocycles. The van der Waals surface area contributed by atoms with Gasteiger partial charge in [0.2, 0.25) is 11.8 Å². The number of anilines is 1. The van der Waals surface area contributed by atoms with Crippen molar-refractivity contribution >= 4 is 17.5 Å². The van der Waals surface area contributed by atoms with Gasteiger partial charge >= 0.3 is 0 Å². The lowest BCUT2D eigenvalue weighted by Gasteiger charge is -2.45. The van der Waals surface area contributed by atoms with Gasteiger partial charge in [-0.05, 0) is 45.0 Å². The Morgan fingerprint density at radius 2 is 1.73 bits per heavy atom. The molecule has 26 heavy (non-hydrogen) atoms. The average molecular weight is 362 g/mol. The Bertz CT molecular complexity index is 669. The van der Waals surface area contributed by atoms with Crippen LogP contribution in [0, 0.1) is 5.82 Å². The van der Waals surface area contributed by atoms with Gasteiger partial charge in [0.1, 0.15) is 11.4 Å². The van der Waals surface area contributed by atoms with Crippen LogP contribution < -0.4 is 10.2 Å². The summed E-state index contributed by atoms with van der Waals surface area (Å²) in [6.45, 7) is 9.61. The molecule has 7 heteroatoms. The smallest absolute Gasteiger partial charge is 0.245 e. The van der Waals surface area contributed by atoms with Crippen molar-refractivity contribution in [3.8, 4) is 0 Å². The fraction of sp³-hybridized carbons (Fsp3) is 0.579. The molecule has 1 atom stereocenters. The average Bonchev–Trinajstić information content (AvgIpc) is 2.63. The Morgan fingerprint density at radius 3 is 2.35 bits per heavy atom. The first-order valence-corrected chi connectivity index (χ1v) is 9.15. The van der Waals surface area contributed by atoms with Crippen molar-refractivity contribution in [2.45, 2.75) is 32.4 Å². The highest BCUT2D eigenvalue weighted by Gasteiger charge is 2.42. The lowest BCUT2D eigenvalue weighted by molar-refractivity contribution is -0.152. The molecule has 0 unspecified atom stereocenters. The van der Waals surface area contributed by atoms with Crippen LogP contribution in [0.25, 0.3) is 0 Å². The predicted molar refractivity (Wildman–Crippen MR) is 98.4 cm³/mol. The molecule has 2 saturated heterocycles. The van der Waals surface area contributed by atoms with Gasteiger partial charge < -0.3 is 15.1 Å². The number of carbonyl (C=O) groups excluding carboxylic acids is 2. The number of benzene rings is 1. The Kier molecular flexibility index (Phi) is 5.18. The molecule has 2 aliphatic rings. The van der Waals surface area contributed by atoms with Crippen LogP contribution in [0.1, 0.15) is 20.8 Å². The Balaban J connectivity index is 1.61. The van der Waals surface area contributed by atoms with Gasteiger partial charge in [-0.15, -0.1) is 0 Å². The monoisotopic (exact) mass is 362 g/mol. The first-order valence-electron chi connectivity index (χ1n) is 9.15. The van der Waals surface area contributed by atoms with Gasteiger partial charge in [0, 0.05) is 45.0 Å². The normalized spacial score (nSPS) is 22.1. The summed E-state index contributed by atoms with van der Waals surface area (Å²) in [7, 11) is 0. The molecule has 1 aromatic rings. The molecule has 2 fully saturated rings. The van der Waals surface area contributed by atoms with E-state index < -0.39 is 5.54 Å². The highest BCUT2D eigenvalue weighted by atomic mass is 19.1. The molecule has 0 aliphatic carbocycles.